The van der Waals surface area contributed by atoms with Gasteiger partial charge in [0.1, 0.15) is 12.4 Å². The first kappa shape index (κ1) is 33.1. The standard InChI is InChI=1S/C19H27FO.C11H20N2O4/c1-16-9-5-3-6-10-17(16)13-14-19(2,20)15-21-18-11-7-4-8-12-18;1-2-3-4-5-8-11(14)12-9-6-7-10-17-13(15)16/h4,7-8,11-14,16-17H,3,5-6,9-10,15H2,1-2H3;2-3H,4-10H2,1H3,(H,12,14)/b14-13+;3-2-. The molecule has 3 atom stereocenters. The molecule has 1 aromatic rings. The van der Waals surface area contributed by atoms with Gasteiger partial charge in [-0.05, 0) is 76.0 Å². The van der Waals surface area contributed by atoms with Gasteiger partial charge >= 0.3 is 0 Å². The molecular weight excluding hydrogens is 487 g/mol. The number of carbonyl (C=O) groups is 1. The Bertz CT molecular complexity index is 829. The van der Waals surface area contributed by atoms with Crippen LogP contribution in [0.25, 0.3) is 0 Å². The quantitative estimate of drug-likeness (QED) is 0.0832. The molecule has 1 aromatic carbocycles. The van der Waals surface area contributed by atoms with Gasteiger partial charge in [-0.2, -0.15) is 0 Å². The van der Waals surface area contributed by atoms with Crippen LogP contribution in [0.15, 0.2) is 54.6 Å². The number of allylic oxidation sites excluding steroid dienone is 3. The van der Waals surface area contributed by atoms with E-state index < -0.39 is 10.8 Å². The molecule has 0 radical (unpaired) electrons. The molecule has 1 aliphatic carbocycles. The molecule has 1 fully saturated rings. The average molecular weight is 535 g/mol. The predicted octanol–water partition coefficient (Wildman–Crippen LogP) is 7.40. The van der Waals surface area contributed by atoms with Crippen molar-refractivity contribution in [2.45, 2.75) is 90.6 Å². The summed E-state index contributed by atoms with van der Waals surface area (Å²) >= 11 is 0. The summed E-state index contributed by atoms with van der Waals surface area (Å²) in [5.41, 5.74) is -1.41. The summed E-state index contributed by atoms with van der Waals surface area (Å²) in [6.07, 6.45) is 17.7. The van der Waals surface area contributed by atoms with Crippen LogP contribution < -0.4 is 10.1 Å². The lowest BCUT2D eigenvalue weighted by atomic mass is 9.88. The van der Waals surface area contributed by atoms with E-state index in [4.69, 9.17) is 4.74 Å². The topological polar surface area (TPSA) is 90.7 Å². The molecule has 7 nitrogen and oxygen atoms in total. The maximum Gasteiger partial charge on any atom is 0.294 e. The van der Waals surface area contributed by atoms with Crippen molar-refractivity contribution in [1.29, 1.82) is 0 Å². The van der Waals surface area contributed by atoms with Gasteiger partial charge in [0, 0.05) is 13.0 Å². The monoisotopic (exact) mass is 534 g/mol. The summed E-state index contributed by atoms with van der Waals surface area (Å²) in [5.74, 6) is 1.93. The molecule has 0 aliphatic heterocycles. The van der Waals surface area contributed by atoms with E-state index in [1.54, 1.807) is 13.0 Å². The zero-order valence-electron chi connectivity index (χ0n) is 23.4. The average Bonchev–Trinajstić information content (AvgIpc) is 3.11. The van der Waals surface area contributed by atoms with Crippen LogP contribution in [-0.2, 0) is 9.63 Å². The van der Waals surface area contributed by atoms with Gasteiger partial charge in [-0.25, -0.2) is 4.39 Å². The summed E-state index contributed by atoms with van der Waals surface area (Å²) in [4.78, 5) is 25.2. The van der Waals surface area contributed by atoms with Crippen molar-refractivity contribution < 1.29 is 23.8 Å². The van der Waals surface area contributed by atoms with Crippen LogP contribution in [0.4, 0.5) is 4.39 Å². The number of nitrogens with one attached hydrogen (secondary N) is 1. The minimum absolute atomic E-state index is 0.0321. The minimum Gasteiger partial charge on any atom is -0.490 e. The SMILES string of the molecule is C/C=C\CCCC(=O)NCCCCO[N+](=O)[O-].CC1CCCCCC1/C=C/C(C)(F)COc1ccccc1. The first-order valence-corrected chi connectivity index (χ1v) is 13.9. The summed E-state index contributed by atoms with van der Waals surface area (Å²) < 4.78 is 20.1. The van der Waals surface area contributed by atoms with E-state index in [1.807, 2.05) is 49.4 Å². The lowest BCUT2D eigenvalue weighted by Crippen LogP contribution is -2.25. The normalized spacial score (nSPS) is 19.2. The predicted molar refractivity (Wildman–Crippen MR) is 150 cm³/mol. The van der Waals surface area contributed by atoms with E-state index in [0.717, 1.165) is 18.6 Å². The highest BCUT2D eigenvalue weighted by Crippen LogP contribution is 2.30. The third kappa shape index (κ3) is 17.5. The molecular formula is C30H47FN2O5. The first-order valence-electron chi connectivity index (χ1n) is 13.9. The van der Waals surface area contributed by atoms with Crippen molar-refractivity contribution in [3.63, 3.8) is 0 Å². The second-order valence-corrected chi connectivity index (χ2v) is 10.1. The number of alkyl halides is 1. The number of carbonyl (C=O) groups excluding carboxylic acids is 1. The van der Waals surface area contributed by atoms with E-state index in [-0.39, 0.29) is 19.1 Å². The van der Waals surface area contributed by atoms with Gasteiger partial charge < -0.3 is 14.9 Å². The molecule has 0 saturated heterocycles. The molecule has 0 bridgehead atoms. The molecule has 1 N–H and O–H groups in total. The van der Waals surface area contributed by atoms with Gasteiger partial charge in [-0.15, -0.1) is 10.1 Å². The number of nitrogens with zero attached hydrogens (tertiary/aromatic N) is 1. The highest BCUT2D eigenvalue weighted by molar-refractivity contribution is 5.75. The van der Waals surface area contributed by atoms with Gasteiger partial charge in [-0.1, -0.05) is 69.0 Å². The van der Waals surface area contributed by atoms with Crippen molar-refractivity contribution in [3.05, 3.63) is 64.8 Å². The zero-order chi connectivity index (χ0) is 28.1. The number of para-hydroxylation sites is 1. The Kier molecular flexibility index (Phi) is 17.5. The highest BCUT2D eigenvalue weighted by atomic mass is 19.1. The molecule has 1 saturated carbocycles. The number of hydrogen-bond donors (Lipinski definition) is 1. The van der Waals surface area contributed by atoms with Crippen LogP contribution in [0, 0.1) is 22.0 Å². The van der Waals surface area contributed by atoms with Crippen LogP contribution >= 0.6 is 0 Å². The maximum atomic E-state index is 14.5. The Morgan fingerprint density at radius 2 is 1.92 bits per heavy atom. The summed E-state index contributed by atoms with van der Waals surface area (Å²) in [7, 11) is 0. The molecule has 214 valence electrons. The lowest BCUT2D eigenvalue weighted by molar-refractivity contribution is -0.757. The molecule has 3 unspecified atom stereocenters. The van der Waals surface area contributed by atoms with E-state index in [1.165, 1.54) is 32.1 Å². The number of amides is 1. The number of rotatable bonds is 15. The van der Waals surface area contributed by atoms with Crippen LogP contribution in [0.2, 0.25) is 0 Å². The number of halogens is 1. The van der Waals surface area contributed by atoms with Crippen molar-refractivity contribution in [2.24, 2.45) is 11.8 Å². The van der Waals surface area contributed by atoms with Crippen molar-refractivity contribution in [3.8, 4) is 5.75 Å². The van der Waals surface area contributed by atoms with Gasteiger partial charge in [0.05, 0.1) is 6.61 Å². The number of hydrogen-bond acceptors (Lipinski definition) is 5. The van der Waals surface area contributed by atoms with Crippen LogP contribution in [-0.4, -0.2) is 36.4 Å². The van der Waals surface area contributed by atoms with Crippen molar-refractivity contribution in [2.75, 3.05) is 19.8 Å². The molecule has 8 heteroatoms. The Morgan fingerprint density at radius 3 is 2.63 bits per heavy atom. The fraction of sp³-hybridized carbons (Fsp3) is 0.633. The summed E-state index contributed by atoms with van der Waals surface area (Å²) in [6.45, 7) is 6.53. The smallest absolute Gasteiger partial charge is 0.294 e. The molecule has 0 aromatic heterocycles. The Balaban J connectivity index is 0.000000391. The summed E-state index contributed by atoms with van der Waals surface area (Å²) in [5, 5.41) is 11.8. The van der Waals surface area contributed by atoms with Gasteiger partial charge in [0.2, 0.25) is 5.91 Å². The molecule has 1 aliphatic rings. The van der Waals surface area contributed by atoms with Crippen LogP contribution in [0.3, 0.4) is 0 Å². The number of ether oxygens (including phenoxy) is 1. The van der Waals surface area contributed by atoms with Crippen LogP contribution in [0.1, 0.15) is 85.0 Å². The fourth-order valence-electron chi connectivity index (χ4n) is 4.15. The van der Waals surface area contributed by atoms with Gasteiger partial charge in [0.25, 0.3) is 5.09 Å². The zero-order valence-corrected chi connectivity index (χ0v) is 23.4. The van der Waals surface area contributed by atoms with E-state index in [0.29, 0.717) is 37.6 Å². The van der Waals surface area contributed by atoms with E-state index >= 15 is 0 Å². The largest absolute Gasteiger partial charge is 0.490 e. The minimum atomic E-state index is -1.41. The van der Waals surface area contributed by atoms with Crippen molar-refractivity contribution in [1.82, 2.24) is 5.32 Å². The molecule has 2 rings (SSSR count). The Morgan fingerprint density at radius 1 is 1.18 bits per heavy atom. The van der Waals surface area contributed by atoms with Crippen LogP contribution in [0.5, 0.6) is 5.75 Å². The molecule has 0 spiro atoms. The number of unbranched alkanes of at least 4 members (excludes halogenated alkanes) is 2. The fourth-order valence-corrected chi connectivity index (χ4v) is 4.15. The van der Waals surface area contributed by atoms with Gasteiger partial charge in [0.15, 0.2) is 5.67 Å². The Labute approximate surface area is 228 Å². The third-order valence-corrected chi connectivity index (χ3v) is 6.48. The summed E-state index contributed by atoms with van der Waals surface area (Å²) in [6, 6.07) is 9.43. The third-order valence-electron chi connectivity index (χ3n) is 6.48. The maximum absolute atomic E-state index is 14.5. The van der Waals surface area contributed by atoms with E-state index in [9.17, 15) is 19.3 Å². The molecule has 0 heterocycles. The lowest BCUT2D eigenvalue weighted by Gasteiger charge is -2.21. The first-order chi connectivity index (χ1) is 18.2. The second-order valence-electron chi connectivity index (χ2n) is 10.1. The second kappa shape index (κ2) is 20.1. The molecule has 38 heavy (non-hydrogen) atoms. The van der Waals surface area contributed by atoms with Crippen molar-refractivity contribution >= 4 is 5.91 Å². The molecule has 1 amide bonds. The Hall–Kier alpha value is -2.90. The van der Waals surface area contributed by atoms with Gasteiger partial charge in [-0.3, -0.25) is 4.79 Å². The number of benzene rings is 1. The highest BCUT2D eigenvalue weighted by Gasteiger charge is 2.23. The van der Waals surface area contributed by atoms with E-state index in [2.05, 4.69) is 23.2 Å².